The van der Waals surface area contributed by atoms with Gasteiger partial charge in [-0.2, -0.15) is 0 Å². The van der Waals surface area contributed by atoms with Crippen molar-refractivity contribution in [1.29, 1.82) is 0 Å². The van der Waals surface area contributed by atoms with Crippen LogP contribution < -0.4 is 9.16 Å². The lowest BCUT2D eigenvalue weighted by Crippen LogP contribution is -2.43. The van der Waals surface area contributed by atoms with E-state index in [0.29, 0.717) is 23.5 Å². The minimum atomic E-state index is -1.90. The van der Waals surface area contributed by atoms with Gasteiger partial charge in [-0.3, -0.25) is 0 Å². The first kappa shape index (κ1) is 25.9. The monoisotopic (exact) mass is 455 g/mol. The number of hydrogen-bond donors (Lipinski definition) is 0. The van der Waals surface area contributed by atoms with Gasteiger partial charge in [0.1, 0.15) is 17.3 Å². The molecule has 32 heavy (non-hydrogen) atoms. The smallest absolute Gasteiger partial charge is 0.250 e. The van der Waals surface area contributed by atoms with Crippen LogP contribution in [0.2, 0.25) is 18.1 Å². The molecule has 0 N–H and O–H groups in total. The van der Waals surface area contributed by atoms with E-state index in [1.807, 2.05) is 37.4 Å². The zero-order chi connectivity index (χ0) is 23.9. The molecule has 0 heterocycles. The normalized spacial score (nSPS) is 12.0. The number of rotatable bonds is 11. The maximum atomic E-state index is 14.8. The van der Waals surface area contributed by atoms with Crippen molar-refractivity contribution in [3.05, 3.63) is 78.6 Å². The molecule has 0 aliphatic heterocycles. The highest BCUT2D eigenvalue weighted by Gasteiger charge is 2.38. The fraction of sp³-hybridized carbons (Fsp3) is 0.407. The number of nitrogens with zero attached hydrogens (tertiary/aromatic N) is 1. The molecular weight excluding hydrogens is 417 g/mol. The number of likely N-dealkylation sites (N-methyl/N-ethyl adjacent to an activating group) is 1. The molecule has 3 nitrogen and oxygen atoms in total. The Bertz CT molecular complexity index is 916. The molecule has 0 amide bonds. The first-order chi connectivity index (χ1) is 14.9. The topological polar surface area (TPSA) is 21.7 Å². The molecule has 5 heteroatoms. The molecule has 0 aliphatic carbocycles. The second-order valence-corrected chi connectivity index (χ2v) is 14.5. The summed E-state index contributed by atoms with van der Waals surface area (Å²) in [6.07, 6.45) is 2.74. The maximum Gasteiger partial charge on any atom is 0.250 e. The van der Waals surface area contributed by atoms with Gasteiger partial charge in [0.25, 0.3) is 0 Å². The molecule has 0 aromatic heterocycles. The number of hydrogen-bond acceptors (Lipinski definition) is 3. The summed E-state index contributed by atoms with van der Waals surface area (Å²) in [7, 11) is 0.138. The summed E-state index contributed by atoms with van der Waals surface area (Å²) < 4.78 is 26.8. The number of ether oxygens (including phenoxy) is 1. The maximum absolute atomic E-state index is 14.8. The fourth-order valence-corrected chi connectivity index (χ4v) is 4.03. The van der Waals surface area contributed by atoms with Gasteiger partial charge in [-0.1, -0.05) is 45.6 Å². The zero-order valence-electron chi connectivity index (χ0n) is 20.5. The molecule has 0 spiro atoms. The van der Waals surface area contributed by atoms with Gasteiger partial charge in [0.2, 0.25) is 8.32 Å². The summed E-state index contributed by atoms with van der Waals surface area (Å²) in [5.74, 6) is 1.04. The van der Waals surface area contributed by atoms with Crippen molar-refractivity contribution in [2.75, 3.05) is 26.7 Å². The summed E-state index contributed by atoms with van der Waals surface area (Å²) in [5, 5.41) is 0.129. The minimum absolute atomic E-state index is 0.129. The van der Waals surface area contributed by atoms with Crippen molar-refractivity contribution >= 4 is 13.9 Å². The number of halogens is 1. The van der Waals surface area contributed by atoms with Gasteiger partial charge in [-0.05, 0) is 67.0 Å². The van der Waals surface area contributed by atoms with Crippen molar-refractivity contribution in [3.8, 4) is 11.5 Å². The molecule has 0 radical (unpaired) electrons. The molecule has 174 valence electrons. The van der Waals surface area contributed by atoms with Gasteiger partial charge in [0.05, 0.1) is 6.61 Å². The van der Waals surface area contributed by atoms with Crippen molar-refractivity contribution in [1.82, 2.24) is 4.90 Å². The second kappa shape index (κ2) is 11.0. The summed E-state index contributed by atoms with van der Waals surface area (Å²) in [6.45, 7) is 21.2. The van der Waals surface area contributed by atoms with Crippen LogP contribution in [-0.2, 0) is 0 Å². The van der Waals surface area contributed by atoms with Crippen LogP contribution in [-0.4, -0.2) is 40.0 Å². The lowest BCUT2D eigenvalue weighted by molar-refractivity contribution is 0.272. The van der Waals surface area contributed by atoms with E-state index in [4.69, 9.17) is 9.16 Å². The molecule has 0 saturated carbocycles. The van der Waals surface area contributed by atoms with E-state index in [-0.39, 0.29) is 10.9 Å². The molecule has 0 bridgehead atoms. The Kier molecular flexibility index (Phi) is 8.87. The predicted octanol–water partition coefficient (Wildman–Crippen LogP) is 7.16. The molecule has 0 aliphatic rings. The largest absolute Gasteiger partial charge is 0.544 e. The molecule has 0 unspecified atom stereocenters. The Morgan fingerprint density at radius 1 is 1.09 bits per heavy atom. The van der Waals surface area contributed by atoms with Crippen molar-refractivity contribution in [2.45, 2.75) is 45.3 Å². The van der Waals surface area contributed by atoms with Crippen molar-refractivity contribution in [2.24, 2.45) is 0 Å². The third kappa shape index (κ3) is 7.07. The zero-order valence-corrected chi connectivity index (χ0v) is 21.5. The molecule has 0 atom stereocenters. The van der Waals surface area contributed by atoms with Gasteiger partial charge in [0, 0.05) is 24.7 Å². The van der Waals surface area contributed by atoms with Crippen molar-refractivity contribution < 1.29 is 13.6 Å². The Labute approximate surface area is 194 Å². The van der Waals surface area contributed by atoms with Crippen LogP contribution >= 0.6 is 0 Å². The van der Waals surface area contributed by atoms with Crippen molar-refractivity contribution in [3.63, 3.8) is 0 Å². The average Bonchev–Trinajstić information content (AvgIpc) is 2.70. The highest BCUT2D eigenvalue weighted by Crippen LogP contribution is 2.37. The van der Waals surface area contributed by atoms with E-state index in [0.717, 1.165) is 30.8 Å². The van der Waals surface area contributed by atoms with E-state index in [1.165, 1.54) is 6.07 Å². The van der Waals surface area contributed by atoms with Crippen LogP contribution in [0.1, 0.15) is 38.3 Å². The predicted molar refractivity (Wildman–Crippen MR) is 137 cm³/mol. The summed E-state index contributed by atoms with van der Waals surface area (Å²) >= 11 is 0. The summed E-state index contributed by atoms with van der Waals surface area (Å²) in [4.78, 5) is 2.16. The van der Waals surface area contributed by atoms with Crippen LogP contribution in [0, 0.1) is 5.82 Å². The molecule has 0 fully saturated rings. The fourth-order valence-electron chi connectivity index (χ4n) is 2.99. The van der Waals surface area contributed by atoms with Gasteiger partial charge in [0.15, 0.2) is 0 Å². The molecule has 2 rings (SSSR count). The first-order valence-corrected chi connectivity index (χ1v) is 14.1. The van der Waals surface area contributed by atoms with E-state index >= 15 is 0 Å². The van der Waals surface area contributed by atoms with Crippen LogP contribution in [0.5, 0.6) is 11.5 Å². The third-order valence-corrected chi connectivity index (χ3v) is 10.4. The molecule has 0 saturated heterocycles. The standard InChI is InChI=1S/C27H38FNO2Si/c1-9-17-29(6)18-10-19-30-24-15-16-25(26(28)20-24)21(2)22-11-13-23(14-12-22)31-32(7,8)27(3,4)5/h9,11-16,20H,1-2,10,17-19H2,3-8H3. The highest BCUT2D eigenvalue weighted by molar-refractivity contribution is 6.74. The van der Waals surface area contributed by atoms with Crippen LogP contribution in [0.15, 0.2) is 61.7 Å². The lowest BCUT2D eigenvalue weighted by Gasteiger charge is -2.36. The van der Waals surface area contributed by atoms with Gasteiger partial charge >= 0.3 is 0 Å². The Morgan fingerprint density at radius 3 is 2.28 bits per heavy atom. The van der Waals surface area contributed by atoms with Gasteiger partial charge in [-0.25, -0.2) is 4.39 Å². The highest BCUT2D eigenvalue weighted by atomic mass is 28.4. The Morgan fingerprint density at radius 2 is 1.72 bits per heavy atom. The molecule has 2 aromatic carbocycles. The van der Waals surface area contributed by atoms with Gasteiger partial charge < -0.3 is 14.1 Å². The van der Waals surface area contributed by atoms with E-state index in [2.05, 4.69) is 51.9 Å². The van der Waals surface area contributed by atoms with Crippen LogP contribution in [0.3, 0.4) is 0 Å². The SMILES string of the molecule is C=CCN(C)CCCOc1ccc(C(=C)c2ccc(O[Si](C)(C)C(C)(C)C)cc2)c(F)c1. The molecular formula is C27H38FNO2Si. The Hall–Kier alpha value is -2.37. The minimum Gasteiger partial charge on any atom is -0.544 e. The average molecular weight is 456 g/mol. The van der Waals surface area contributed by atoms with E-state index in [9.17, 15) is 4.39 Å². The second-order valence-electron chi connectivity index (χ2n) is 9.76. The van der Waals surface area contributed by atoms with E-state index < -0.39 is 8.32 Å². The van der Waals surface area contributed by atoms with Crippen LogP contribution in [0.25, 0.3) is 5.57 Å². The summed E-state index contributed by atoms with van der Waals surface area (Å²) in [5.41, 5.74) is 1.98. The molecule has 2 aromatic rings. The quantitative estimate of drug-likeness (QED) is 0.204. The lowest BCUT2D eigenvalue weighted by atomic mass is 9.99. The Balaban J connectivity index is 2.00. The number of benzene rings is 2. The summed E-state index contributed by atoms with van der Waals surface area (Å²) in [6, 6.07) is 12.7. The first-order valence-electron chi connectivity index (χ1n) is 11.1. The van der Waals surface area contributed by atoms with Crippen LogP contribution in [0.4, 0.5) is 4.39 Å². The van der Waals surface area contributed by atoms with Gasteiger partial charge in [-0.15, -0.1) is 6.58 Å². The third-order valence-electron chi connectivity index (χ3n) is 6.04. The van der Waals surface area contributed by atoms with E-state index in [1.54, 1.807) is 12.1 Å².